The number of hydrogen-bond acceptors (Lipinski definition) is 7. The first-order valence-corrected chi connectivity index (χ1v) is 12.6. The minimum atomic E-state index is -1.16. The molecule has 0 aliphatic carbocycles. The lowest BCUT2D eigenvalue weighted by Crippen LogP contribution is -2.52. The minimum absolute atomic E-state index is 0.0808. The Kier molecular flexibility index (Phi) is 8.86. The molecule has 8 nitrogen and oxygen atoms in total. The highest BCUT2D eigenvalue weighted by Gasteiger charge is 2.50. The number of carbonyl (C=O) groups is 1. The van der Waals surface area contributed by atoms with E-state index in [1.54, 1.807) is 20.3 Å². The van der Waals surface area contributed by atoms with E-state index in [4.69, 9.17) is 29.0 Å². The Morgan fingerprint density at radius 3 is 2.45 bits per heavy atom. The van der Waals surface area contributed by atoms with E-state index in [-0.39, 0.29) is 19.1 Å². The molecule has 0 unspecified atom stereocenters. The molecular weight excluding hydrogens is 484 g/mol. The Balaban J connectivity index is 1.59. The molecule has 0 radical (unpaired) electrons. The molecule has 0 saturated carbocycles. The molecule has 2 N–H and O–H groups in total. The summed E-state index contributed by atoms with van der Waals surface area (Å²) in [6, 6.07) is 22.7. The molecule has 2 atom stereocenters. The number of benzene rings is 3. The van der Waals surface area contributed by atoms with Gasteiger partial charge < -0.3 is 29.4 Å². The summed E-state index contributed by atoms with van der Waals surface area (Å²) in [5.41, 5.74) is 1.40. The number of ether oxygens (including phenoxy) is 4. The second-order valence-corrected chi connectivity index (χ2v) is 9.07. The van der Waals surface area contributed by atoms with E-state index in [1.807, 2.05) is 73.7 Å². The molecule has 0 bridgehead atoms. The van der Waals surface area contributed by atoms with Crippen LogP contribution in [0.1, 0.15) is 30.0 Å². The summed E-state index contributed by atoms with van der Waals surface area (Å²) < 4.78 is 22.6. The predicted molar refractivity (Wildman–Crippen MR) is 145 cm³/mol. The van der Waals surface area contributed by atoms with Crippen LogP contribution in [0.2, 0.25) is 0 Å². The summed E-state index contributed by atoms with van der Waals surface area (Å²) in [5.74, 6) is 2.17. The number of aliphatic hydroxyl groups excluding tert-OH is 1. The second-order valence-electron chi connectivity index (χ2n) is 9.07. The van der Waals surface area contributed by atoms with Crippen LogP contribution in [0.25, 0.3) is 0 Å². The standard InChI is InChI=1S/C30H34N2O6/c1-21-30(19-22-8-5-4-6-9-22,29(34)31-20-24-12-15-26(35-2)18-27(24)36-3)32-28(38-21)23-10-13-25(14-11-23)37-17-7-16-33/h4-6,8-15,18,21,33H,7,16-17,19-20H2,1-3H3,(H,31,34)/t21-,30-/m1/s1. The quantitative estimate of drug-likeness (QED) is 0.353. The first-order valence-electron chi connectivity index (χ1n) is 12.6. The number of methoxy groups -OCH3 is 2. The molecule has 1 aliphatic heterocycles. The second kappa shape index (κ2) is 12.5. The van der Waals surface area contributed by atoms with Crippen LogP contribution >= 0.6 is 0 Å². The van der Waals surface area contributed by atoms with Gasteiger partial charge in [-0.1, -0.05) is 30.3 Å². The first kappa shape index (κ1) is 27.0. The largest absolute Gasteiger partial charge is 0.497 e. The third-order valence-electron chi connectivity index (χ3n) is 6.58. The van der Waals surface area contributed by atoms with Crippen molar-refractivity contribution in [2.75, 3.05) is 27.4 Å². The van der Waals surface area contributed by atoms with E-state index in [2.05, 4.69) is 5.32 Å². The van der Waals surface area contributed by atoms with Crippen molar-refractivity contribution < 1.29 is 28.8 Å². The summed E-state index contributed by atoms with van der Waals surface area (Å²) in [5, 5.41) is 12.0. The van der Waals surface area contributed by atoms with E-state index in [0.717, 1.165) is 16.7 Å². The van der Waals surface area contributed by atoms with Gasteiger partial charge in [0.2, 0.25) is 5.90 Å². The van der Waals surface area contributed by atoms with Crippen LogP contribution in [0, 0.1) is 0 Å². The maximum absolute atomic E-state index is 13.9. The van der Waals surface area contributed by atoms with Crippen molar-refractivity contribution in [3.63, 3.8) is 0 Å². The van der Waals surface area contributed by atoms with Crippen molar-refractivity contribution >= 4 is 11.8 Å². The lowest BCUT2D eigenvalue weighted by Gasteiger charge is -2.28. The van der Waals surface area contributed by atoms with Crippen molar-refractivity contribution in [1.82, 2.24) is 5.32 Å². The van der Waals surface area contributed by atoms with Gasteiger partial charge in [-0.05, 0) is 48.9 Å². The number of amides is 1. The van der Waals surface area contributed by atoms with Crippen molar-refractivity contribution in [3.05, 3.63) is 89.5 Å². The van der Waals surface area contributed by atoms with E-state index < -0.39 is 11.6 Å². The fourth-order valence-electron chi connectivity index (χ4n) is 4.38. The third-order valence-corrected chi connectivity index (χ3v) is 6.58. The Bertz CT molecular complexity index is 1250. The van der Waals surface area contributed by atoms with Crippen molar-refractivity contribution in [2.45, 2.75) is 38.0 Å². The molecule has 0 spiro atoms. The fourth-order valence-corrected chi connectivity index (χ4v) is 4.38. The average molecular weight is 519 g/mol. The van der Waals surface area contributed by atoms with Gasteiger partial charge in [0.05, 0.1) is 20.8 Å². The van der Waals surface area contributed by atoms with Gasteiger partial charge in [-0.15, -0.1) is 0 Å². The van der Waals surface area contributed by atoms with Gasteiger partial charge in [-0.2, -0.15) is 0 Å². The molecule has 4 rings (SSSR count). The van der Waals surface area contributed by atoms with Crippen molar-refractivity contribution in [3.8, 4) is 17.2 Å². The molecule has 1 aliphatic rings. The molecule has 1 heterocycles. The number of carbonyl (C=O) groups excluding carboxylic acids is 1. The zero-order chi connectivity index (χ0) is 27.0. The summed E-state index contributed by atoms with van der Waals surface area (Å²) in [6.45, 7) is 2.65. The van der Waals surface area contributed by atoms with Gasteiger partial charge in [-0.25, -0.2) is 4.99 Å². The lowest BCUT2D eigenvalue weighted by molar-refractivity contribution is -0.128. The van der Waals surface area contributed by atoms with Gasteiger partial charge in [0.15, 0.2) is 5.54 Å². The Hall–Kier alpha value is -4.04. The van der Waals surface area contributed by atoms with Crippen LogP contribution in [-0.2, 0) is 22.5 Å². The predicted octanol–water partition coefficient (Wildman–Crippen LogP) is 3.93. The molecule has 1 amide bonds. The number of aliphatic hydroxyl groups is 1. The van der Waals surface area contributed by atoms with Gasteiger partial charge in [-0.3, -0.25) is 4.79 Å². The molecule has 8 heteroatoms. The zero-order valence-corrected chi connectivity index (χ0v) is 22.0. The van der Waals surface area contributed by atoms with Crippen molar-refractivity contribution in [2.24, 2.45) is 4.99 Å². The zero-order valence-electron chi connectivity index (χ0n) is 22.0. The number of nitrogens with zero attached hydrogens (tertiary/aromatic N) is 1. The van der Waals surface area contributed by atoms with Crippen LogP contribution in [0.4, 0.5) is 0 Å². The van der Waals surface area contributed by atoms with E-state index in [0.29, 0.717) is 42.6 Å². The van der Waals surface area contributed by atoms with Gasteiger partial charge >= 0.3 is 0 Å². The van der Waals surface area contributed by atoms with E-state index >= 15 is 0 Å². The normalized spacial score (nSPS) is 18.3. The maximum Gasteiger partial charge on any atom is 0.252 e. The number of nitrogens with one attached hydrogen (secondary N) is 1. The van der Waals surface area contributed by atoms with Gasteiger partial charge in [0, 0.05) is 43.2 Å². The van der Waals surface area contributed by atoms with Crippen LogP contribution in [0.3, 0.4) is 0 Å². The van der Waals surface area contributed by atoms with Crippen LogP contribution < -0.4 is 19.5 Å². The van der Waals surface area contributed by atoms with Gasteiger partial charge in [0.25, 0.3) is 5.91 Å². The minimum Gasteiger partial charge on any atom is -0.497 e. The molecule has 3 aromatic rings. The van der Waals surface area contributed by atoms with Crippen LogP contribution in [0.15, 0.2) is 77.8 Å². The lowest BCUT2D eigenvalue weighted by atomic mass is 9.86. The summed E-state index contributed by atoms with van der Waals surface area (Å²) in [4.78, 5) is 18.8. The topological polar surface area (TPSA) is 98.6 Å². The molecule has 200 valence electrons. The highest BCUT2D eigenvalue weighted by molar-refractivity contribution is 6.00. The molecular formula is C30H34N2O6. The molecule has 0 aromatic heterocycles. The number of aliphatic imine (C=N–C) groups is 1. The Morgan fingerprint density at radius 1 is 1.03 bits per heavy atom. The SMILES string of the molecule is COc1ccc(CNC(=O)[C@]2(Cc3ccccc3)N=C(c3ccc(OCCCO)cc3)O[C@@H]2C)c(OC)c1. The summed E-state index contributed by atoms with van der Waals surface area (Å²) in [6.07, 6.45) is 0.442. The van der Waals surface area contributed by atoms with Crippen molar-refractivity contribution in [1.29, 1.82) is 0 Å². The highest BCUT2D eigenvalue weighted by atomic mass is 16.5. The van der Waals surface area contributed by atoms with E-state index in [1.165, 1.54) is 0 Å². The van der Waals surface area contributed by atoms with Crippen LogP contribution in [-0.4, -0.2) is 56.0 Å². The molecule has 0 fully saturated rings. The third kappa shape index (κ3) is 6.08. The molecule has 38 heavy (non-hydrogen) atoms. The van der Waals surface area contributed by atoms with Crippen LogP contribution in [0.5, 0.6) is 17.2 Å². The Labute approximate surface area is 223 Å². The fraction of sp³-hybridized carbons (Fsp3) is 0.333. The van der Waals surface area contributed by atoms with Gasteiger partial charge in [0.1, 0.15) is 23.4 Å². The highest BCUT2D eigenvalue weighted by Crippen LogP contribution is 2.33. The van der Waals surface area contributed by atoms with E-state index in [9.17, 15) is 4.79 Å². The first-order chi connectivity index (χ1) is 18.5. The average Bonchev–Trinajstić information content (AvgIpc) is 3.29. The smallest absolute Gasteiger partial charge is 0.252 e. The molecule has 0 saturated heterocycles. The monoisotopic (exact) mass is 518 g/mol. The number of hydrogen-bond donors (Lipinski definition) is 2. The number of rotatable bonds is 12. The maximum atomic E-state index is 13.9. The summed E-state index contributed by atoms with van der Waals surface area (Å²) in [7, 11) is 3.18. The summed E-state index contributed by atoms with van der Waals surface area (Å²) >= 11 is 0. The Morgan fingerprint density at radius 2 is 1.76 bits per heavy atom. The molecule has 3 aromatic carbocycles.